The first kappa shape index (κ1) is 24.8. The Balaban J connectivity index is 0.00000289. The molecule has 0 aromatic carbocycles. The topological polar surface area (TPSA) is 70.8 Å². The Labute approximate surface area is 208 Å². The van der Waals surface area contributed by atoms with Crippen LogP contribution in [0, 0.1) is 5.92 Å². The summed E-state index contributed by atoms with van der Waals surface area (Å²) in [5.41, 5.74) is 1.12. The number of rotatable bonds is 5. The molecule has 0 aliphatic carbocycles. The highest BCUT2D eigenvalue weighted by molar-refractivity contribution is 14.0. The first-order chi connectivity index (χ1) is 15.1. The minimum Gasteiger partial charge on any atom is -0.375 e. The molecule has 2 aliphatic heterocycles. The lowest BCUT2D eigenvalue weighted by molar-refractivity contribution is 0.0529. The molecule has 1 N–H and O–H groups in total. The van der Waals surface area contributed by atoms with Crippen molar-refractivity contribution >= 4 is 35.8 Å². The fourth-order valence-electron chi connectivity index (χ4n) is 4.41. The summed E-state index contributed by atoms with van der Waals surface area (Å²) < 4.78 is 7.86. The largest absolute Gasteiger partial charge is 0.375 e. The van der Waals surface area contributed by atoms with E-state index >= 15 is 0 Å². The van der Waals surface area contributed by atoms with E-state index < -0.39 is 0 Å². The minimum absolute atomic E-state index is 0. The second-order valence-corrected chi connectivity index (χ2v) is 8.61. The van der Waals surface area contributed by atoms with Gasteiger partial charge in [-0.25, -0.2) is 15.0 Å². The smallest absolute Gasteiger partial charge is 0.194 e. The number of halogens is 1. The molecule has 0 spiro atoms. The van der Waals surface area contributed by atoms with Crippen LogP contribution in [0.1, 0.15) is 38.8 Å². The van der Waals surface area contributed by atoms with Crippen LogP contribution < -0.4 is 10.2 Å². The molecular formula is C23H36IN7O. The van der Waals surface area contributed by atoms with Gasteiger partial charge in [0.05, 0.1) is 31.6 Å². The average molecular weight is 553 g/mol. The lowest BCUT2D eigenvalue weighted by Gasteiger charge is -2.39. The van der Waals surface area contributed by atoms with Gasteiger partial charge in [-0.3, -0.25) is 0 Å². The third-order valence-corrected chi connectivity index (χ3v) is 6.25. The number of piperidine rings is 1. The second-order valence-electron chi connectivity index (χ2n) is 8.61. The number of morpholine rings is 1. The summed E-state index contributed by atoms with van der Waals surface area (Å²) in [6, 6.07) is 4.66. The van der Waals surface area contributed by atoms with Gasteiger partial charge in [-0.15, -0.1) is 24.0 Å². The zero-order valence-corrected chi connectivity index (χ0v) is 21.7. The van der Waals surface area contributed by atoms with Crippen LogP contribution in [0.4, 0.5) is 5.82 Å². The Kier molecular flexibility index (Phi) is 9.15. The number of ether oxygens (including phenoxy) is 1. The summed E-state index contributed by atoms with van der Waals surface area (Å²) >= 11 is 0. The fourth-order valence-corrected chi connectivity index (χ4v) is 4.41. The maximum Gasteiger partial charge on any atom is 0.194 e. The molecule has 4 heterocycles. The van der Waals surface area contributed by atoms with Gasteiger partial charge in [-0.1, -0.05) is 13.0 Å². The Morgan fingerprint density at radius 2 is 2.12 bits per heavy atom. The van der Waals surface area contributed by atoms with Crippen molar-refractivity contribution in [1.82, 2.24) is 24.8 Å². The monoisotopic (exact) mass is 553 g/mol. The quantitative estimate of drug-likeness (QED) is 0.349. The van der Waals surface area contributed by atoms with E-state index in [1.165, 1.54) is 0 Å². The van der Waals surface area contributed by atoms with Gasteiger partial charge in [0.25, 0.3) is 0 Å². The molecule has 32 heavy (non-hydrogen) atoms. The number of aliphatic imine (C=N–C) groups is 1. The number of anilines is 1. The van der Waals surface area contributed by atoms with Crippen LogP contribution in [0.5, 0.6) is 0 Å². The van der Waals surface area contributed by atoms with Crippen molar-refractivity contribution in [2.75, 3.05) is 44.2 Å². The summed E-state index contributed by atoms with van der Waals surface area (Å²) in [5.74, 6) is 2.61. The molecule has 8 nitrogen and oxygen atoms in total. The van der Waals surface area contributed by atoms with E-state index in [1.54, 1.807) is 0 Å². The maximum atomic E-state index is 5.63. The molecule has 0 amide bonds. The number of nitrogens with one attached hydrogen (secondary N) is 1. The van der Waals surface area contributed by atoms with E-state index in [4.69, 9.17) is 9.73 Å². The Hall–Kier alpha value is -1.88. The molecule has 2 aromatic heterocycles. The van der Waals surface area contributed by atoms with Gasteiger partial charge in [0.15, 0.2) is 5.96 Å². The first-order valence-electron chi connectivity index (χ1n) is 11.5. The van der Waals surface area contributed by atoms with Gasteiger partial charge in [0.2, 0.25) is 0 Å². The molecule has 0 radical (unpaired) electrons. The number of aromatic nitrogens is 3. The predicted octanol–water partition coefficient (Wildman–Crippen LogP) is 3.17. The van der Waals surface area contributed by atoms with Crippen molar-refractivity contribution in [2.45, 2.75) is 45.9 Å². The lowest BCUT2D eigenvalue weighted by atomic mass is 9.93. The number of hydrogen-bond donors (Lipinski definition) is 1. The highest BCUT2D eigenvalue weighted by Crippen LogP contribution is 2.27. The summed E-state index contributed by atoms with van der Waals surface area (Å²) in [4.78, 5) is 18.5. The predicted molar refractivity (Wildman–Crippen MR) is 139 cm³/mol. The van der Waals surface area contributed by atoms with E-state index in [0.29, 0.717) is 18.5 Å². The number of likely N-dealkylation sites (tertiary alicyclic amines) is 1. The standard InChI is InChI=1S/C23H35N7O.HI/c1-4-25-23(29-9-7-18(2)21(16-29)30-10-8-24-17-30)27-14-20-5-6-22(26-13-20)28-11-12-31-19(3)15-28;/h5-6,8,10,13,17-19,21H,4,7,9,11-12,14-16H2,1-3H3,(H,25,27);1H. The van der Waals surface area contributed by atoms with Crippen LogP contribution in [-0.4, -0.2) is 70.8 Å². The first-order valence-corrected chi connectivity index (χ1v) is 11.5. The minimum atomic E-state index is 0. The van der Waals surface area contributed by atoms with E-state index in [0.717, 1.165) is 63.1 Å². The number of hydrogen-bond acceptors (Lipinski definition) is 5. The van der Waals surface area contributed by atoms with Crippen molar-refractivity contribution < 1.29 is 4.74 Å². The highest BCUT2D eigenvalue weighted by Gasteiger charge is 2.28. The van der Waals surface area contributed by atoms with E-state index in [2.05, 4.69) is 68.8 Å². The highest BCUT2D eigenvalue weighted by atomic mass is 127. The average Bonchev–Trinajstić information content (AvgIpc) is 3.32. The Bertz CT molecular complexity index is 843. The van der Waals surface area contributed by atoms with Crippen LogP contribution in [-0.2, 0) is 11.3 Å². The van der Waals surface area contributed by atoms with Gasteiger partial charge in [0.1, 0.15) is 5.82 Å². The summed E-state index contributed by atoms with van der Waals surface area (Å²) in [5, 5.41) is 3.48. The van der Waals surface area contributed by atoms with Gasteiger partial charge in [0, 0.05) is 51.3 Å². The molecule has 0 bridgehead atoms. The van der Waals surface area contributed by atoms with Crippen molar-refractivity contribution in [3.8, 4) is 0 Å². The Morgan fingerprint density at radius 3 is 2.81 bits per heavy atom. The van der Waals surface area contributed by atoms with Crippen LogP contribution in [0.2, 0.25) is 0 Å². The zero-order chi connectivity index (χ0) is 21.6. The zero-order valence-electron chi connectivity index (χ0n) is 19.4. The number of nitrogens with zero attached hydrogens (tertiary/aromatic N) is 6. The molecule has 2 fully saturated rings. The Morgan fingerprint density at radius 1 is 1.25 bits per heavy atom. The van der Waals surface area contributed by atoms with Gasteiger partial charge in [-0.2, -0.15) is 0 Å². The number of guanidine groups is 1. The number of imidazole rings is 1. The number of pyridine rings is 1. The van der Waals surface area contributed by atoms with Crippen molar-refractivity contribution in [3.05, 3.63) is 42.6 Å². The molecule has 9 heteroatoms. The molecule has 176 valence electrons. The van der Waals surface area contributed by atoms with E-state index in [1.807, 2.05) is 18.7 Å². The SMILES string of the molecule is CCNC(=NCc1ccc(N2CCOC(C)C2)nc1)N1CCC(C)C(n2ccnc2)C1.I. The second kappa shape index (κ2) is 11.8. The van der Waals surface area contributed by atoms with Gasteiger partial charge < -0.3 is 24.4 Å². The third-order valence-electron chi connectivity index (χ3n) is 6.25. The summed E-state index contributed by atoms with van der Waals surface area (Å²) in [6.45, 7) is 12.5. The van der Waals surface area contributed by atoms with Crippen LogP contribution >= 0.6 is 24.0 Å². The molecule has 4 rings (SSSR count). The van der Waals surface area contributed by atoms with Crippen LogP contribution in [0.25, 0.3) is 0 Å². The molecular weight excluding hydrogens is 517 g/mol. The lowest BCUT2D eigenvalue weighted by Crippen LogP contribution is -2.49. The van der Waals surface area contributed by atoms with Crippen LogP contribution in [0.3, 0.4) is 0 Å². The molecule has 0 saturated carbocycles. The normalized spacial score (nSPS) is 24.2. The van der Waals surface area contributed by atoms with Crippen LogP contribution in [0.15, 0.2) is 42.0 Å². The van der Waals surface area contributed by atoms with Crippen molar-refractivity contribution in [1.29, 1.82) is 0 Å². The maximum absolute atomic E-state index is 5.63. The van der Waals surface area contributed by atoms with Gasteiger partial charge >= 0.3 is 0 Å². The summed E-state index contributed by atoms with van der Waals surface area (Å²) in [6.07, 6.45) is 9.20. The van der Waals surface area contributed by atoms with E-state index in [9.17, 15) is 0 Å². The van der Waals surface area contributed by atoms with Crippen molar-refractivity contribution in [3.63, 3.8) is 0 Å². The summed E-state index contributed by atoms with van der Waals surface area (Å²) in [7, 11) is 0. The van der Waals surface area contributed by atoms with Crippen molar-refractivity contribution in [2.24, 2.45) is 10.9 Å². The third kappa shape index (κ3) is 6.12. The molecule has 2 aliphatic rings. The fraction of sp³-hybridized carbons (Fsp3) is 0.609. The van der Waals surface area contributed by atoms with E-state index in [-0.39, 0.29) is 30.1 Å². The molecule has 2 saturated heterocycles. The van der Waals surface area contributed by atoms with Gasteiger partial charge in [-0.05, 0) is 37.8 Å². The molecule has 2 aromatic rings. The molecule has 3 atom stereocenters. The molecule has 3 unspecified atom stereocenters.